The van der Waals surface area contributed by atoms with Crippen molar-refractivity contribution in [2.45, 2.75) is 17.8 Å². The number of hydrogen-bond donors (Lipinski definition) is 0. The zero-order valence-corrected chi connectivity index (χ0v) is 13.1. The monoisotopic (exact) mass is 324 g/mol. The summed E-state index contributed by atoms with van der Waals surface area (Å²) in [5.74, 6) is 2.22. The second kappa shape index (κ2) is 5.81. The number of rotatable bonds is 4. The smallest absolute Gasteiger partial charge is 0.253 e. The van der Waals surface area contributed by atoms with Crippen LogP contribution in [0.25, 0.3) is 17.2 Å². The Hall–Kier alpha value is -2.74. The molecule has 4 rings (SSSR count). The highest BCUT2D eigenvalue weighted by molar-refractivity contribution is 7.98. The first-order chi connectivity index (χ1) is 11.3. The fourth-order valence-corrected chi connectivity index (χ4v) is 2.81. The molecule has 0 saturated heterocycles. The summed E-state index contributed by atoms with van der Waals surface area (Å²) in [7, 11) is 0. The van der Waals surface area contributed by atoms with Crippen molar-refractivity contribution in [2.24, 2.45) is 0 Å². The molecule has 0 N–H and O–H groups in total. The Bertz CT molecular complexity index is 930. The maximum absolute atomic E-state index is 5.31. The van der Waals surface area contributed by atoms with Crippen molar-refractivity contribution in [3.8, 4) is 11.4 Å². The van der Waals surface area contributed by atoms with Crippen LogP contribution in [0, 0.1) is 6.92 Å². The summed E-state index contributed by atoms with van der Waals surface area (Å²) >= 11 is 1.43. The van der Waals surface area contributed by atoms with Crippen molar-refractivity contribution in [1.29, 1.82) is 0 Å². The van der Waals surface area contributed by atoms with Crippen molar-refractivity contribution in [1.82, 2.24) is 29.7 Å². The van der Waals surface area contributed by atoms with Crippen LogP contribution in [-0.4, -0.2) is 29.7 Å². The van der Waals surface area contributed by atoms with Crippen molar-refractivity contribution in [3.63, 3.8) is 0 Å². The van der Waals surface area contributed by atoms with Crippen molar-refractivity contribution in [3.05, 3.63) is 54.2 Å². The molecular weight excluding hydrogens is 312 g/mol. The second-order valence-electron chi connectivity index (χ2n) is 4.87. The van der Waals surface area contributed by atoms with Gasteiger partial charge >= 0.3 is 0 Å². The quantitative estimate of drug-likeness (QED) is 0.534. The summed E-state index contributed by atoms with van der Waals surface area (Å²) in [6, 6.07) is 9.75. The summed E-state index contributed by atoms with van der Waals surface area (Å²) in [6.07, 6.45) is 3.49. The highest BCUT2D eigenvalue weighted by Gasteiger charge is 2.12. The Morgan fingerprint density at radius 2 is 2.09 bits per heavy atom. The predicted molar refractivity (Wildman–Crippen MR) is 84.8 cm³/mol. The first kappa shape index (κ1) is 13.9. The van der Waals surface area contributed by atoms with E-state index < -0.39 is 0 Å². The van der Waals surface area contributed by atoms with Gasteiger partial charge in [0.2, 0.25) is 16.9 Å². The molecule has 0 unspecified atom stereocenters. The van der Waals surface area contributed by atoms with E-state index in [-0.39, 0.29) is 0 Å². The molecule has 0 bridgehead atoms. The third-order valence-electron chi connectivity index (χ3n) is 3.28. The maximum atomic E-state index is 5.31. The molecule has 4 aromatic rings. The first-order valence-electron chi connectivity index (χ1n) is 6.98. The molecule has 8 heteroatoms. The molecule has 0 aliphatic rings. The molecule has 0 aliphatic carbocycles. The summed E-state index contributed by atoms with van der Waals surface area (Å²) in [5.41, 5.74) is 2.09. The van der Waals surface area contributed by atoms with Gasteiger partial charge in [0, 0.05) is 18.0 Å². The predicted octanol–water partition coefficient (Wildman–Crippen LogP) is 2.78. The highest BCUT2D eigenvalue weighted by atomic mass is 32.2. The number of benzene rings is 1. The standard InChI is InChI=1S/C15H12N6OS/c1-10-5-2-3-6-11(10)13-17-12(22-20-13)9-23-15-18-14-16-7-4-8-21(14)19-15/h2-8H,9H2,1H3. The van der Waals surface area contributed by atoms with Gasteiger partial charge in [0.05, 0.1) is 5.75 Å². The van der Waals surface area contributed by atoms with Gasteiger partial charge in [-0.05, 0) is 18.6 Å². The molecule has 0 amide bonds. The molecule has 3 aromatic heterocycles. The maximum Gasteiger partial charge on any atom is 0.253 e. The van der Waals surface area contributed by atoms with E-state index in [4.69, 9.17) is 4.52 Å². The molecule has 0 atom stereocenters. The Kier molecular flexibility index (Phi) is 3.51. The van der Waals surface area contributed by atoms with Gasteiger partial charge in [-0.25, -0.2) is 9.50 Å². The van der Waals surface area contributed by atoms with E-state index in [0.717, 1.165) is 11.1 Å². The minimum Gasteiger partial charge on any atom is -0.338 e. The van der Waals surface area contributed by atoms with E-state index in [2.05, 4.69) is 25.2 Å². The first-order valence-corrected chi connectivity index (χ1v) is 7.97. The Morgan fingerprint density at radius 3 is 2.96 bits per heavy atom. The van der Waals surface area contributed by atoms with E-state index in [1.54, 1.807) is 10.7 Å². The zero-order valence-electron chi connectivity index (χ0n) is 12.2. The molecule has 1 aromatic carbocycles. The minimum absolute atomic E-state index is 0.510. The van der Waals surface area contributed by atoms with E-state index in [1.807, 2.05) is 43.5 Å². The highest BCUT2D eigenvalue weighted by Crippen LogP contribution is 2.23. The van der Waals surface area contributed by atoms with Crippen LogP contribution in [0.3, 0.4) is 0 Å². The lowest BCUT2D eigenvalue weighted by atomic mass is 10.1. The number of fused-ring (bicyclic) bond motifs is 1. The summed E-state index contributed by atoms with van der Waals surface area (Å²) in [5, 5.41) is 8.99. The lowest BCUT2D eigenvalue weighted by molar-refractivity contribution is 0.391. The molecule has 0 saturated carbocycles. The topological polar surface area (TPSA) is 82.0 Å². The van der Waals surface area contributed by atoms with Gasteiger partial charge in [0.15, 0.2) is 0 Å². The number of nitrogens with zero attached hydrogens (tertiary/aromatic N) is 6. The largest absolute Gasteiger partial charge is 0.338 e. The Morgan fingerprint density at radius 1 is 1.17 bits per heavy atom. The fourth-order valence-electron chi connectivity index (χ4n) is 2.15. The second-order valence-corrected chi connectivity index (χ2v) is 5.82. The number of thioether (sulfide) groups is 1. The van der Waals surface area contributed by atoms with Crippen LogP contribution < -0.4 is 0 Å². The van der Waals surface area contributed by atoms with Gasteiger partial charge in [0.25, 0.3) is 5.78 Å². The average Bonchev–Trinajstić information content (AvgIpc) is 3.19. The molecule has 0 aliphatic heterocycles. The van der Waals surface area contributed by atoms with Crippen LogP contribution in [0.15, 0.2) is 52.4 Å². The van der Waals surface area contributed by atoms with Gasteiger partial charge in [-0.15, -0.1) is 5.10 Å². The molecule has 3 heterocycles. The normalized spacial score (nSPS) is 11.2. The molecule has 23 heavy (non-hydrogen) atoms. The average molecular weight is 324 g/mol. The SMILES string of the molecule is Cc1ccccc1-c1noc(CSc2nc3ncccn3n2)n1. The Labute approximate surface area is 135 Å². The number of aromatic nitrogens is 6. The van der Waals surface area contributed by atoms with Gasteiger partial charge in [-0.3, -0.25) is 0 Å². The van der Waals surface area contributed by atoms with Crippen molar-refractivity contribution in [2.75, 3.05) is 0 Å². The van der Waals surface area contributed by atoms with E-state index in [9.17, 15) is 0 Å². The van der Waals surface area contributed by atoms with Crippen molar-refractivity contribution >= 4 is 17.5 Å². The summed E-state index contributed by atoms with van der Waals surface area (Å²) in [4.78, 5) is 12.9. The molecule has 114 valence electrons. The van der Waals surface area contributed by atoms with Gasteiger partial charge < -0.3 is 4.52 Å². The van der Waals surface area contributed by atoms with Crippen LogP contribution in [-0.2, 0) is 5.75 Å². The van der Waals surface area contributed by atoms with Crippen LogP contribution in [0.5, 0.6) is 0 Å². The van der Waals surface area contributed by atoms with Gasteiger partial charge in [-0.1, -0.05) is 41.2 Å². The number of hydrogen-bond acceptors (Lipinski definition) is 7. The van der Waals surface area contributed by atoms with Gasteiger partial charge in [-0.2, -0.15) is 9.97 Å². The summed E-state index contributed by atoms with van der Waals surface area (Å²) < 4.78 is 6.94. The molecular formula is C15H12N6OS. The van der Waals surface area contributed by atoms with E-state index in [0.29, 0.717) is 28.4 Å². The van der Waals surface area contributed by atoms with Crippen LogP contribution in [0.2, 0.25) is 0 Å². The fraction of sp³-hybridized carbons (Fsp3) is 0.133. The minimum atomic E-state index is 0.510. The van der Waals surface area contributed by atoms with Crippen LogP contribution >= 0.6 is 11.8 Å². The third-order valence-corrected chi connectivity index (χ3v) is 4.10. The third kappa shape index (κ3) is 2.80. The van der Waals surface area contributed by atoms with Crippen LogP contribution in [0.4, 0.5) is 0 Å². The van der Waals surface area contributed by atoms with E-state index >= 15 is 0 Å². The lowest BCUT2D eigenvalue weighted by Gasteiger charge is -1.97. The van der Waals surface area contributed by atoms with Gasteiger partial charge in [0.1, 0.15) is 0 Å². The summed E-state index contributed by atoms with van der Waals surface area (Å²) in [6.45, 7) is 2.02. The molecule has 0 spiro atoms. The molecule has 7 nitrogen and oxygen atoms in total. The molecule has 0 fully saturated rings. The zero-order chi connectivity index (χ0) is 15.6. The van der Waals surface area contributed by atoms with Crippen molar-refractivity contribution < 1.29 is 4.52 Å². The molecule has 0 radical (unpaired) electrons. The van der Waals surface area contributed by atoms with Crippen LogP contribution in [0.1, 0.15) is 11.5 Å². The van der Waals surface area contributed by atoms with E-state index in [1.165, 1.54) is 11.8 Å². The Balaban J connectivity index is 1.51. The number of aryl methyl sites for hydroxylation is 1. The lowest BCUT2D eigenvalue weighted by Crippen LogP contribution is -1.87.